The summed E-state index contributed by atoms with van der Waals surface area (Å²) in [6.45, 7) is 7.40. The lowest BCUT2D eigenvalue weighted by molar-refractivity contribution is 0.0535. The van der Waals surface area contributed by atoms with Crippen molar-refractivity contribution in [2.75, 3.05) is 5.32 Å². The molecule has 8 nitrogen and oxygen atoms in total. The number of nitrogens with one attached hydrogen (secondary N) is 2. The number of amides is 2. The first-order valence-electron chi connectivity index (χ1n) is 13.5. The lowest BCUT2D eigenvalue weighted by Crippen LogP contribution is -2.43. The number of carbonyl (C=O) groups excluding carboxylic acids is 2. The van der Waals surface area contributed by atoms with E-state index in [9.17, 15) is 9.59 Å². The number of carbonyl (C=O) groups is 2. The van der Waals surface area contributed by atoms with Crippen molar-refractivity contribution in [1.29, 1.82) is 0 Å². The van der Waals surface area contributed by atoms with Crippen LogP contribution in [0.5, 0.6) is 0 Å². The van der Waals surface area contributed by atoms with Gasteiger partial charge < -0.3 is 4.90 Å². The van der Waals surface area contributed by atoms with Gasteiger partial charge in [0.1, 0.15) is 0 Å². The maximum Gasteiger partial charge on any atom is 0.270 e. The molecule has 2 aromatic heterocycles. The summed E-state index contributed by atoms with van der Waals surface area (Å²) in [6.07, 6.45) is 4.17. The zero-order valence-electron chi connectivity index (χ0n) is 22.9. The van der Waals surface area contributed by atoms with E-state index in [1.54, 1.807) is 12.1 Å². The summed E-state index contributed by atoms with van der Waals surface area (Å²) in [5.41, 5.74) is 3.75. The zero-order valence-corrected chi connectivity index (χ0v) is 24.4. The van der Waals surface area contributed by atoms with Gasteiger partial charge in [0.05, 0.1) is 4.88 Å². The molecule has 1 aliphatic carbocycles. The standard InChI is InChI=1S/C30H33ClN6O2S/c1-30(2,3)23-10-14-25(15-11-23)37(28(39)26-16-22(18-40-26)20-8-12-24(31)13-9-20)17-19-4-6-21(7-5-19)27(38)32-29-33-35-36-34-29/h4-9,12-13,16,18,23,25H,10-11,14-15,17H2,1-3H3,(H2,32,33,34,35,36,38). The first kappa shape index (κ1) is 28.0. The molecular formula is C30H33ClN6O2S. The van der Waals surface area contributed by atoms with E-state index in [2.05, 4.69) is 46.7 Å². The van der Waals surface area contributed by atoms with Crippen LogP contribution in [0.4, 0.5) is 5.95 Å². The number of aromatic amines is 1. The highest BCUT2D eigenvalue weighted by Gasteiger charge is 2.34. The van der Waals surface area contributed by atoms with Crippen molar-refractivity contribution in [3.8, 4) is 11.1 Å². The number of anilines is 1. The number of hydrogen-bond acceptors (Lipinski definition) is 6. The average molecular weight is 577 g/mol. The van der Waals surface area contributed by atoms with Crippen LogP contribution in [-0.2, 0) is 6.54 Å². The Labute approximate surface area is 243 Å². The van der Waals surface area contributed by atoms with Gasteiger partial charge in [-0.15, -0.1) is 16.4 Å². The number of halogens is 1. The number of thiophene rings is 1. The second-order valence-corrected chi connectivity index (χ2v) is 12.7. The Bertz CT molecular complexity index is 1440. The number of aromatic nitrogens is 4. The van der Waals surface area contributed by atoms with Crippen LogP contribution < -0.4 is 5.32 Å². The molecule has 4 aromatic rings. The summed E-state index contributed by atoms with van der Waals surface area (Å²) in [5, 5.41) is 18.6. The van der Waals surface area contributed by atoms with Crippen molar-refractivity contribution in [2.45, 2.75) is 59.0 Å². The molecule has 0 aliphatic heterocycles. The molecule has 1 aliphatic rings. The Morgan fingerprint density at radius 3 is 2.35 bits per heavy atom. The Morgan fingerprint density at radius 2 is 1.73 bits per heavy atom. The molecule has 208 valence electrons. The minimum absolute atomic E-state index is 0.0448. The van der Waals surface area contributed by atoms with E-state index in [0.29, 0.717) is 23.0 Å². The van der Waals surface area contributed by atoms with Crippen LogP contribution in [0.1, 0.15) is 72.0 Å². The minimum atomic E-state index is -0.324. The predicted octanol–water partition coefficient (Wildman–Crippen LogP) is 7.08. The average Bonchev–Trinajstić information content (AvgIpc) is 3.65. The molecular weight excluding hydrogens is 544 g/mol. The van der Waals surface area contributed by atoms with E-state index in [1.807, 2.05) is 52.7 Å². The molecule has 2 aromatic carbocycles. The first-order valence-corrected chi connectivity index (χ1v) is 14.7. The van der Waals surface area contributed by atoms with Gasteiger partial charge in [0.2, 0.25) is 0 Å². The minimum Gasteiger partial charge on any atom is -0.331 e. The molecule has 0 spiro atoms. The normalized spacial score (nSPS) is 17.4. The first-order chi connectivity index (χ1) is 19.2. The third-order valence-corrected chi connectivity index (χ3v) is 8.92. The second kappa shape index (κ2) is 11.9. The molecule has 1 saturated carbocycles. The quantitative estimate of drug-likeness (QED) is 0.244. The summed E-state index contributed by atoms with van der Waals surface area (Å²) >= 11 is 7.54. The molecule has 0 atom stereocenters. The van der Waals surface area contributed by atoms with Gasteiger partial charge in [-0.05, 0) is 94.6 Å². The van der Waals surface area contributed by atoms with E-state index in [1.165, 1.54) is 11.3 Å². The van der Waals surface area contributed by atoms with E-state index < -0.39 is 0 Å². The smallest absolute Gasteiger partial charge is 0.270 e. The SMILES string of the molecule is CC(C)(C)C1CCC(N(Cc2ccc(C(=O)Nc3nn[nH]n3)cc2)C(=O)c2cc(-c3ccc(Cl)cc3)cs2)CC1. The molecule has 2 amide bonds. The molecule has 2 heterocycles. The van der Waals surface area contributed by atoms with Crippen LogP contribution in [0.3, 0.4) is 0 Å². The second-order valence-electron chi connectivity index (χ2n) is 11.4. The summed E-state index contributed by atoms with van der Waals surface area (Å²) in [6, 6.07) is 17.1. The maximum atomic E-state index is 14.0. The fraction of sp³-hybridized carbons (Fsp3) is 0.367. The van der Waals surface area contributed by atoms with Crippen molar-refractivity contribution < 1.29 is 9.59 Å². The molecule has 0 radical (unpaired) electrons. The van der Waals surface area contributed by atoms with Crippen LogP contribution in [0.2, 0.25) is 5.02 Å². The van der Waals surface area contributed by atoms with Crippen LogP contribution in [0.25, 0.3) is 11.1 Å². The number of hydrogen-bond donors (Lipinski definition) is 2. The van der Waals surface area contributed by atoms with Gasteiger partial charge in [-0.3, -0.25) is 14.9 Å². The summed E-state index contributed by atoms with van der Waals surface area (Å²) in [5.74, 6) is 0.486. The van der Waals surface area contributed by atoms with E-state index >= 15 is 0 Å². The summed E-state index contributed by atoms with van der Waals surface area (Å²) in [7, 11) is 0. The molecule has 40 heavy (non-hydrogen) atoms. The van der Waals surface area contributed by atoms with Crippen molar-refractivity contribution in [3.05, 3.63) is 81.0 Å². The van der Waals surface area contributed by atoms with Crippen LogP contribution in [-0.4, -0.2) is 43.4 Å². The molecule has 0 bridgehead atoms. The van der Waals surface area contributed by atoms with Gasteiger partial charge >= 0.3 is 0 Å². The van der Waals surface area contributed by atoms with Gasteiger partial charge in [-0.2, -0.15) is 5.21 Å². The van der Waals surface area contributed by atoms with E-state index in [4.69, 9.17) is 11.6 Å². The number of rotatable bonds is 7. The lowest BCUT2D eigenvalue weighted by Gasteiger charge is -2.41. The third kappa shape index (κ3) is 6.59. The molecule has 10 heteroatoms. The lowest BCUT2D eigenvalue weighted by atomic mass is 9.71. The van der Waals surface area contributed by atoms with Crippen LogP contribution in [0, 0.1) is 11.3 Å². The van der Waals surface area contributed by atoms with E-state index in [-0.39, 0.29) is 29.2 Å². The monoisotopic (exact) mass is 576 g/mol. The van der Waals surface area contributed by atoms with Gasteiger partial charge in [-0.25, -0.2) is 0 Å². The Balaban J connectivity index is 1.35. The molecule has 5 rings (SSSR count). The van der Waals surface area contributed by atoms with Crippen molar-refractivity contribution in [1.82, 2.24) is 25.5 Å². The maximum absolute atomic E-state index is 14.0. The van der Waals surface area contributed by atoms with Gasteiger partial charge in [0.25, 0.3) is 17.8 Å². The molecule has 0 unspecified atom stereocenters. The molecule has 2 N–H and O–H groups in total. The summed E-state index contributed by atoms with van der Waals surface area (Å²) in [4.78, 5) is 29.3. The van der Waals surface area contributed by atoms with Crippen molar-refractivity contribution in [3.63, 3.8) is 0 Å². The van der Waals surface area contributed by atoms with Crippen LogP contribution in [0.15, 0.2) is 60.0 Å². The van der Waals surface area contributed by atoms with Gasteiger partial charge in [-0.1, -0.05) is 61.7 Å². The highest BCUT2D eigenvalue weighted by Crippen LogP contribution is 2.40. The highest BCUT2D eigenvalue weighted by atomic mass is 35.5. The molecule has 1 fully saturated rings. The number of tetrazole rings is 1. The van der Waals surface area contributed by atoms with Gasteiger partial charge in [0, 0.05) is 23.2 Å². The Hall–Kier alpha value is -3.56. The number of H-pyrrole nitrogens is 1. The number of nitrogens with zero attached hydrogens (tertiary/aromatic N) is 4. The topological polar surface area (TPSA) is 104 Å². The Kier molecular flexibility index (Phi) is 8.32. The summed E-state index contributed by atoms with van der Waals surface area (Å²) < 4.78 is 0. The zero-order chi connectivity index (χ0) is 28.3. The van der Waals surface area contributed by atoms with Crippen molar-refractivity contribution >= 4 is 40.7 Å². The Morgan fingerprint density at radius 1 is 1.02 bits per heavy atom. The third-order valence-electron chi connectivity index (χ3n) is 7.75. The van der Waals surface area contributed by atoms with Gasteiger partial charge in [0.15, 0.2) is 0 Å². The fourth-order valence-electron chi connectivity index (χ4n) is 5.35. The van der Waals surface area contributed by atoms with Crippen LogP contribution >= 0.6 is 22.9 Å². The fourth-order valence-corrected chi connectivity index (χ4v) is 6.35. The van der Waals surface area contributed by atoms with Crippen molar-refractivity contribution in [2.24, 2.45) is 11.3 Å². The highest BCUT2D eigenvalue weighted by molar-refractivity contribution is 7.12. The number of benzene rings is 2. The van der Waals surface area contributed by atoms with E-state index in [0.717, 1.165) is 47.3 Å². The largest absolute Gasteiger partial charge is 0.331 e. The predicted molar refractivity (Wildman–Crippen MR) is 158 cm³/mol. The molecule has 0 saturated heterocycles.